The molecule has 1 atom stereocenters. The lowest BCUT2D eigenvalue weighted by Crippen LogP contribution is -2.29. The molecule has 2 nitrogen and oxygen atoms in total. The Morgan fingerprint density at radius 3 is 2.31 bits per heavy atom. The lowest BCUT2D eigenvalue weighted by atomic mass is 10.1. The van der Waals surface area contributed by atoms with Gasteiger partial charge in [-0.1, -0.05) is 72.3 Å². The van der Waals surface area contributed by atoms with Gasteiger partial charge in [-0.25, -0.2) is 0 Å². The molecule has 0 heterocycles. The molecule has 0 saturated carbocycles. The summed E-state index contributed by atoms with van der Waals surface area (Å²) in [6.07, 6.45) is 0.754. The Morgan fingerprint density at radius 1 is 0.923 bits per heavy atom. The number of thioether (sulfide) groups is 1. The second kappa shape index (κ2) is 9.46. The van der Waals surface area contributed by atoms with Crippen LogP contribution in [0.15, 0.2) is 89.8 Å². The van der Waals surface area contributed by atoms with Crippen molar-refractivity contribution in [2.45, 2.75) is 16.6 Å². The van der Waals surface area contributed by atoms with E-state index in [1.165, 1.54) is 0 Å². The number of carbonyl (C=O) groups is 1. The van der Waals surface area contributed by atoms with E-state index in [0.717, 1.165) is 27.5 Å². The molecule has 3 aromatic rings. The summed E-state index contributed by atoms with van der Waals surface area (Å²) in [4.78, 5) is 13.9. The van der Waals surface area contributed by atoms with Crippen molar-refractivity contribution in [3.8, 4) is 0 Å². The fraction of sp³-hybridized carbons (Fsp3) is 0.136. The quantitative estimate of drug-likeness (QED) is 0.545. The van der Waals surface area contributed by atoms with Crippen molar-refractivity contribution in [3.05, 3.63) is 101 Å². The number of hydrogen-bond donors (Lipinski definition) is 1. The molecule has 0 saturated heterocycles. The number of nitrogens with one attached hydrogen (secondary N) is 1. The van der Waals surface area contributed by atoms with Crippen LogP contribution in [-0.2, 0) is 11.2 Å². The van der Waals surface area contributed by atoms with Gasteiger partial charge in [-0.2, -0.15) is 0 Å². The fourth-order valence-corrected chi connectivity index (χ4v) is 3.93. The molecule has 1 N–H and O–H groups in total. The molecule has 4 heteroatoms. The minimum atomic E-state index is -0.280. The largest absolute Gasteiger partial charge is 0.355 e. The van der Waals surface area contributed by atoms with Crippen molar-refractivity contribution in [2.24, 2.45) is 0 Å². The number of amides is 1. The van der Waals surface area contributed by atoms with Gasteiger partial charge in [0.1, 0.15) is 5.25 Å². The number of hydrogen-bond acceptors (Lipinski definition) is 2. The molecule has 0 aliphatic rings. The van der Waals surface area contributed by atoms with Gasteiger partial charge in [-0.3, -0.25) is 4.79 Å². The molecule has 3 aromatic carbocycles. The summed E-state index contributed by atoms with van der Waals surface area (Å²) in [5.74, 6) is 0.0204. The highest BCUT2D eigenvalue weighted by Gasteiger charge is 2.21. The van der Waals surface area contributed by atoms with Crippen LogP contribution in [-0.4, -0.2) is 12.5 Å². The second-order valence-electron chi connectivity index (χ2n) is 5.89. The van der Waals surface area contributed by atoms with E-state index in [2.05, 4.69) is 5.32 Å². The second-order valence-corrected chi connectivity index (χ2v) is 7.51. The number of benzene rings is 3. The highest BCUT2D eigenvalue weighted by Crippen LogP contribution is 2.35. The SMILES string of the molecule is O=C(NCCc1cccc(Cl)c1)C(Sc1ccccc1)c1ccccc1. The molecule has 26 heavy (non-hydrogen) atoms. The summed E-state index contributed by atoms with van der Waals surface area (Å²) < 4.78 is 0. The minimum absolute atomic E-state index is 0.0204. The Balaban J connectivity index is 1.66. The Labute approximate surface area is 163 Å². The maximum atomic E-state index is 12.8. The van der Waals surface area contributed by atoms with Crippen LogP contribution < -0.4 is 5.32 Å². The zero-order valence-electron chi connectivity index (χ0n) is 14.3. The first-order valence-electron chi connectivity index (χ1n) is 8.51. The van der Waals surface area contributed by atoms with Crippen LogP contribution in [0.1, 0.15) is 16.4 Å². The van der Waals surface area contributed by atoms with Crippen LogP contribution in [0.4, 0.5) is 0 Å². The van der Waals surface area contributed by atoms with Crippen LogP contribution in [0.2, 0.25) is 5.02 Å². The number of halogens is 1. The Hall–Kier alpha value is -2.23. The monoisotopic (exact) mass is 381 g/mol. The number of carbonyl (C=O) groups excluding carboxylic acids is 1. The molecule has 1 amide bonds. The summed E-state index contributed by atoms with van der Waals surface area (Å²) in [5.41, 5.74) is 2.12. The Morgan fingerprint density at radius 2 is 1.62 bits per heavy atom. The van der Waals surface area contributed by atoms with Crippen molar-refractivity contribution in [1.82, 2.24) is 5.32 Å². The number of rotatable bonds is 7. The van der Waals surface area contributed by atoms with Gasteiger partial charge in [-0.15, -0.1) is 11.8 Å². The zero-order chi connectivity index (χ0) is 18.2. The van der Waals surface area contributed by atoms with Crippen molar-refractivity contribution < 1.29 is 4.79 Å². The summed E-state index contributed by atoms with van der Waals surface area (Å²) >= 11 is 7.58. The average Bonchev–Trinajstić information content (AvgIpc) is 2.67. The lowest BCUT2D eigenvalue weighted by Gasteiger charge is -2.17. The van der Waals surface area contributed by atoms with Crippen molar-refractivity contribution in [2.75, 3.05) is 6.54 Å². The normalized spacial score (nSPS) is 11.7. The standard InChI is InChI=1S/C22H20ClNOS/c23-19-11-7-8-17(16-19)14-15-24-22(25)21(18-9-3-1-4-10-18)26-20-12-5-2-6-13-20/h1-13,16,21H,14-15H2,(H,24,25). The molecule has 0 aromatic heterocycles. The third kappa shape index (κ3) is 5.38. The van der Waals surface area contributed by atoms with Crippen molar-refractivity contribution >= 4 is 29.3 Å². The van der Waals surface area contributed by atoms with Crippen LogP contribution in [0.5, 0.6) is 0 Å². The lowest BCUT2D eigenvalue weighted by molar-refractivity contribution is -0.120. The summed E-state index contributed by atoms with van der Waals surface area (Å²) in [6, 6.07) is 27.6. The van der Waals surface area contributed by atoms with Gasteiger partial charge >= 0.3 is 0 Å². The van der Waals surface area contributed by atoms with Gasteiger partial charge < -0.3 is 5.32 Å². The van der Waals surface area contributed by atoms with Crippen LogP contribution in [0.3, 0.4) is 0 Å². The molecule has 132 valence electrons. The summed E-state index contributed by atoms with van der Waals surface area (Å²) in [7, 11) is 0. The highest BCUT2D eigenvalue weighted by molar-refractivity contribution is 8.00. The first-order chi connectivity index (χ1) is 12.7. The van der Waals surface area contributed by atoms with E-state index in [-0.39, 0.29) is 11.2 Å². The first kappa shape index (κ1) is 18.6. The maximum Gasteiger partial charge on any atom is 0.238 e. The third-order valence-corrected chi connectivity index (χ3v) is 5.44. The zero-order valence-corrected chi connectivity index (χ0v) is 15.8. The predicted octanol–water partition coefficient (Wildman–Crippen LogP) is 5.53. The topological polar surface area (TPSA) is 29.1 Å². The third-order valence-electron chi connectivity index (χ3n) is 3.94. The first-order valence-corrected chi connectivity index (χ1v) is 9.77. The molecular weight excluding hydrogens is 362 g/mol. The van der Waals surface area contributed by atoms with Gasteiger partial charge in [0, 0.05) is 16.5 Å². The molecule has 0 fully saturated rings. The van der Waals surface area contributed by atoms with E-state index in [1.807, 2.05) is 84.9 Å². The fourth-order valence-electron chi connectivity index (χ4n) is 2.65. The molecule has 0 bridgehead atoms. The van der Waals surface area contributed by atoms with Crippen molar-refractivity contribution in [1.29, 1.82) is 0 Å². The molecule has 0 radical (unpaired) electrons. The smallest absolute Gasteiger partial charge is 0.238 e. The van der Waals surface area contributed by atoms with Gasteiger partial charge in [0.25, 0.3) is 0 Å². The van der Waals surface area contributed by atoms with Gasteiger partial charge in [0.15, 0.2) is 0 Å². The van der Waals surface area contributed by atoms with E-state index in [1.54, 1.807) is 11.8 Å². The minimum Gasteiger partial charge on any atom is -0.355 e. The highest BCUT2D eigenvalue weighted by atomic mass is 35.5. The van der Waals surface area contributed by atoms with E-state index in [4.69, 9.17) is 11.6 Å². The summed E-state index contributed by atoms with van der Waals surface area (Å²) in [6.45, 7) is 0.581. The van der Waals surface area contributed by atoms with E-state index < -0.39 is 0 Å². The Bertz CT molecular complexity index is 839. The Kier molecular flexibility index (Phi) is 6.75. The molecule has 1 unspecified atom stereocenters. The van der Waals surface area contributed by atoms with Crippen molar-refractivity contribution in [3.63, 3.8) is 0 Å². The summed E-state index contributed by atoms with van der Waals surface area (Å²) in [5, 5.41) is 3.51. The maximum absolute atomic E-state index is 12.8. The molecule has 3 rings (SSSR count). The van der Waals surface area contributed by atoms with E-state index in [9.17, 15) is 4.79 Å². The molecule has 0 spiro atoms. The van der Waals surface area contributed by atoms with E-state index in [0.29, 0.717) is 6.54 Å². The van der Waals surface area contributed by atoms with Crippen LogP contribution >= 0.6 is 23.4 Å². The average molecular weight is 382 g/mol. The van der Waals surface area contributed by atoms with Crippen LogP contribution in [0.25, 0.3) is 0 Å². The van der Waals surface area contributed by atoms with Crippen LogP contribution in [0, 0.1) is 0 Å². The molecular formula is C22H20ClNOS. The van der Waals surface area contributed by atoms with Gasteiger partial charge in [-0.05, 0) is 41.8 Å². The van der Waals surface area contributed by atoms with Gasteiger partial charge in [0.2, 0.25) is 5.91 Å². The molecule has 0 aliphatic carbocycles. The predicted molar refractivity (Wildman–Crippen MR) is 110 cm³/mol. The molecule has 0 aliphatic heterocycles. The van der Waals surface area contributed by atoms with E-state index >= 15 is 0 Å². The van der Waals surface area contributed by atoms with Gasteiger partial charge in [0.05, 0.1) is 0 Å².